The average molecular weight is 468 g/mol. The summed E-state index contributed by atoms with van der Waals surface area (Å²) in [5.41, 5.74) is 4.56. The molecule has 0 unspecified atom stereocenters. The molecule has 0 amide bonds. The number of carboxylic acid groups (broad SMARTS) is 1. The Kier molecular flexibility index (Phi) is 10.4. The number of unbranched alkanes of at least 4 members (excludes halogenated alkanes) is 1. The van der Waals surface area contributed by atoms with Gasteiger partial charge in [0.15, 0.2) is 0 Å². The molecule has 0 spiro atoms. The Morgan fingerprint density at radius 1 is 0.941 bits per heavy atom. The molecule has 3 rings (SSSR count). The molecule has 184 valence electrons. The Bertz CT molecular complexity index is 938. The number of nitrogens with zero attached hydrogens (tertiary/aromatic N) is 1. The highest BCUT2D eigenvalue weighted by molar-refractivity contribution is 5.94. The first kappa shape index (κ1) is 25.8. The first-order valence-electron chi connectivity index (χ1n) is 12.3. The van der Waals surface area contributed by atoms with Gasteiger partial charge in [-0.2, -0.15) is 0 Å². The lowest BCUT2D eigenvalue weighted by Crippen LogP contribution is -2.27. The van der Waals surface area contributed by atoms with Crippen molar-refractivity contribution in [2.75, 3.05) is 51.0 Å². The van der Waals surface area contributed by atoms with Crippen LogP contribution < -0.4 is 9.64 Å². The van der Waals surface area contributed by atoms with Crippen molar-refractivity contribution in [3.63, 3.8) is 0 Å². The molecule has 0 bridgehead atoms. The van der Waals surface area contributed by atoms with E-state index >= 15 is 0 Å². The van der Waals surface area contributed by atoms with Crippen LogP contribution in [0.5, 0.6) is 5.75 Å². The normalized spacial score (nSPS) is 13.2. The number of carbonyl (C=O) groups is 1. The summed E-state index contributed by atoms with van der Waals surface area (Å²) in [6.07, 6.45) is 5.44. The summed E-state index contributed by atoms with van der Waals surface area (Å²) in [4.78, 5) is 14.0. The number of hydrogen-bond acceptors (Lipinski definition) is 5. The van der Waals surface area contributed by atoms with Gasteiger partial charge in [0.05, 0.1) is 6.61 Å². The van der Waals surface area contributed by atoms with Gasteiger partial charge in [0.25, 0.3) is 0 Å². The Labute approximate surface area is 203 Å². The van der Waals surface area contributed by atoms with Gasteiger partial charge in [-0.15, -0.1) is 0 Å². The average Bonchev–Trinajstić information content (AvgIpc) is 3.03. The quantitative estimate of drug-likeness (QED) is 0.362. The van der Waals surface area contributed by atoms with Crippen LogP contribution in [0.1, 0.15) is 45.1 Å². The minimum atomic E-state index is -0.854. The first-order valence-corrected chi connectivity index (χ1v) is 12.3. The maximum Gasteiger partial charge on any atom is 0.331 e. The summed E-state index contributed by atoms with van der Waals surface area (Å²) in [6, 6.07) is 14.3. The predicted octanol–water partition coefficient (Wildman–Crippen LogP) is 5.65. The molecular weight excluding hydrogens is 430 g/mol. The summed E-state index contributed by atoms with van der Waals surface area (Å²) in [5.74, 6) is -0.0428. The van der Waals surface area contributed by atoms with E-state index in [1.807, 2.05) is 37.3 Å². The van der Waals surface area contributed by atoms with E-state index in [1.165, 1.54) is 0 Å². The monoisotopic (exact) mass is 467 g/mol. The van der Waals surface area contributed by atoms with Gasteiger partial charge in [0, 0.05) is 44.2 Å². The number of hydrogen-bond donors (Lipinski definition) is 1. The highest BCUT2D eigenvalue weighted by atomic mass is 16.5. The fraction of sp³-hybridized carbons (Fsp3) is 0.464. The van der Waals surface area contributed by atoms with Crippen LogP contribution in [-0.2, 0) is 14.3 Å². The molecule has 0 aliphatic carbocycles. The highest BCUT2D eigenvalue weighted by Crippen LogP contribution is 2.33. The molecular formula is C28H37NO5. The van der Waals surface area contributed by atoms with Crippen LogP contribution in [0.25, 0.3) is 17.2 Å². The van der Waals surface area contributed by atoms with Crippen LogP contribution in [0.2, 0.25) is 0 Å². The Balaban J connectivity index is 1.71. The minimum absolute atomic E-state index is 0.440. The van der Waals surface area contributed by atoms with E-state index in [-0.39, 0.29) is 0 Å². The van der Waals surface area contributed by atoms with E-state index in [9.17, 15) is 9.90 Å². The van der Waals surface area contributed by atoms with Crippen molar-refractivity contribution in [2.24, 2.45) is 0 Å². The number of ether oxygens (including phenoxy) is 3. The van der Waals surface area contributed by atoms with Crippen molar-refractivity contribution in [2.45, 2.75) is 39.5 Å². The van der Waals surface area contributed by atoms with Crippen molar-refractivity contribution in [3.8, 4) is 16.9 Å². The number of fused-ring (bicyclic) bond motifs is 1. The Morgan fingerprint density at radius 3 is 2.44 bits per heavy atom. The van der Waals surface area contributed by atoms with Gasteiger partial charge < -0.3 is 24.2 Å². The summed E-state index contributed by atoms with van der Waals surface area (Å²) in [7, 11) is 0. The molecule has 1 heterocycles. The second kappa shape index (κ2) is 13.8. The topological polar surface area (TPSA) is 68.2 Å². The molecule has 6 heteroatoms. The molecule has 0 fully saturated rings. The molecule has 1 aliphatic rings. The molecule has 2 aromatic carbocycles. The van der Waals surface area contributed by atoms with Gasteiger partial charge in [-0.3, -0.25) is 0 Å². The molecule has 1 aliphatic heterocycles. The molecule has 34 heavy (non-hydrogen) atoms. The van der Waals surface area contributed by atoms with Crippen LogP contribution >= 0.6 is 0 Å². The van der Waals surface area contributed by atoms with Crippen LogP contribution in [0.15, 0.2) is 48.0 Å². The van der Waals surface area contributed by atoms with Crippen molar-refractivity contribution in [1.82, 2.24) is 0 Å². The maximum atomic E-state index is 11.7. The zero-order chi connectivity index (χ0) is 24.2. The third-order valence-electron chi connectivity index (χ3n) is 5.87. The standard InChI is InChI=1S/C28H37NO5/c1-3-5-16-33-18-19-34-26-10-7-22(8-11-26)23-9-12-27-25(20-23)21-24(28(30)31)13-15-29(27)14-6-17-32-4-2/h7-12,20-21H,3-6,13-19H2,1-2H3,(H,30,31). The molecule has 0 aromatic heterocycles. The molecule has 0 atom stereocenters. The predicted molar refractivity (Wildman–Crippen MR) is 137 cm³/mol. The first-order chi connectivity index (χ1) is 16.6. The van der Waals surface area contributed by atoms with Gasteiger partial charge in [-0.1, -0.05) is 31.5 Å². The van der Waals surface area contributed by atoms with E-state index in [1.54, 1.807) is 0 Å². The largest absolute Gasteiger partial charge is 0.491 e. The Hall–Kier alpha value is -2.83. The number of benzene rings is 2. The number of rotatable bonds is 14. The number of aliphatic carboxylic acids is 1. The smallest absolute Gasteiger partial charge is 0.331 e. The van der Waals surface area contributed by atoms with E-state index in [0.717, 1.165) is 60.5 Å². The molecule has 0 saturated carbocycles. The number of anilines is 1. The zero-order valence-corrected chi connectivity index (χ0v) is 20.4. The van der Waals surface area contributed by atoms with Crippen LogP contribution in [0.4, 0.5) is 5.69 Å². The van der Waals surface area contributed by atoms with Gasteiger partial charge >= 0.3 is 5.97 Å². The third kappa shape index (κ3) is 7.61. The molecule has 2 aromatic rings. The van der Waals surface area contributed by atoms with E-state index < -0.39 is 5.97 Å². The SMILES string of the molecule is CCCCOCCOc1ccc(-c2ccc3c(c2)C=C(C(=O)O)CCN3CCCOCC)cc1. The summed E-state index contributed by atoms with van der Waals surface area (Å²) < 4.78 is 16.8. The summed E-state index contributed by atoms with van der Waals surface area (Å²) in [6.45, 7) is 8.97. The van der Waals surface area contributed by atoms with E-state index in [4.69, 9.17) is 14.2 Å². The second-order valence-electron chi connectivity index (χ2n) is 8.37. The van der Waals surface area contributed by atoms with Crippen LogP contribution in [-0.4, -0.2) is 57.2 Å². The maximum absolute atomic E-state index is 11.7. The molecule has 1 N–H and O–H groups in total. The fourth-order valence-corrected chi connectivity index (χ4v) is 3.99. The van der Waals surface area contributed by atoms with Crippen molar-refractivity contribution in [3.05, 3.63) is 53.6 Å². The highest BCUT2D eigenvalue weighted by Gasteiger charge is 2.19. The van der Waals surface area contributed by atoms with E-state index in [0.29, 0.717) is 45.0 Å². The lowest BCUT2D eigenvalue weighted by atomic mass is 10.00. The fourth-order valence-electron chi connectivity index (χ4n) is 3.99. The van der Waals surface area contributed by atoms with Crippen molar-refractivity contribution < 1.29 is 24.1 Å². The molecule has 6 nitrogen and oxygen atoms in total. The van der Waals surface area contributed by atoms with Gasteiger partial charge in [-0.05, 0) is 73.2 Å². The third-order valence-corrected chi connectivity index (χ3v) is 5.87. The van der Waals surface area contributed by atoms with E-state index in [2.05, 4.69) is 30.0 Å². The van der Waals surface area contributed by atoms with Crippen LogP contribution in [0, 0.1) is 0 Å². The van der Waals surface area contributed by atoms with Crippen molar-refractivity contribution in [1.29, 1.82) is 0 Å². The zero-order valence-electron chi connectivity index (χ0n) is 20.4. The number of carboxylic acids is 1. The second-order valence-corrected chi connectivity index (χ2v) is 8.37. The van der Waals surface area contributed by atoms with Gasteiger partial charge in [-0.25, -0.2) is 4.79 Å². The summed E-state index contributed by atoms with van der Waals surface area (Å²) >= 11 is 0. The van der Waals surface area contributed by atoms with Gasteiger partial charge in [0.1, 0.15) is 12.4 Å². The van der Waals surface area contributed by atoms with Gasteiger partial charge in [0.2, 0.25) is 0 Å². The lowest BCUT2D eigenvalue weighted by Gasteiger charge is -2.25. The molecule has 0 saturated heterocycles. The van der Waals surface area contributed by atoms with Crippen molar-refractivity contribution >= 4 is 17.7 Å². The summed E-state index contributed by atoms with van der Waals surface area (Å²) in [5, 5.41) is 9.64. The Morgan fingerprint density at radius 2 is 1.71 bits per heavy atom. The minimum Gasteiger partial charge on any atom is -0.491 e. The molecule has 0 radical (unpaired) electrons. The lowest BCUT2D eigenvalue weighted by molar-refractivity contribution is -0.132. The van der Waals surface area contributed by atoms with Crippen LogP contribution in [0.3, 0.4) is 0 Å².